The van der Waals surface area contributed by atoms with E-state index >= 15 is 0 Å². The Morgan fingerprint density at radius 1 is 1.09 bits per heavy atom. The predicted octanol–water partition coefficient (Wildman–Crippen LogP) is 3.18. The number of fused-ring (bicyclic) bond motifs is 1. The molecule has 4 nitrogen and oxygen atoms in total. The SMILES string of the molecule is O=c1ccc2ccc([C@@H]3CO3)c(OCc3ccccc3)c2[nH]1. The van der Waals surface area contributed by atoms with E-state index in [1.165, 1.54) is 6.07 Å². The minimum Gasteiger partial charge on any atom is -0.486 e. The molecule has 2 heterocycles. The van der Waals surface area contributed by atoms with Crippen LogP contribution < -0.4 is 10.3 Å². The molecule has 1 atom stereocenters. The van der Waals surface area contributed by atoms with Crippen LogP contribution in [0.4, 0.5) is 0 Å². The van der Waals surface area contributed by atoms with Crippen LogP contribution in [0.1, 0.15) is 17.2 Å². The molecule has 4 heteroatoms. The van der Waals surface area contributed by atoms with Gasteiger partial charge in [-0.05, 0) is 11.6 Å². The van der Waals surface area contributed by atoms with Gasteiger partial charge in [0.15, 0.2) is 0 Å². The van der Waals surface area contributed by atoms with Gasteiger partial charge in [0.2, 0.25) is 5.56 Å². The molecule has 22 heavy (non-hydrogen) atoms. The average Bonchev–Trinajstić information content (AvgIpc) is 3.38. The van der Waals surface area contributed by atoms with E-state index in [1.807, 2.05) is 42.5 Å². The summed E-state index contributed by atoms with van der Waals surface area (Å²) < 4.78 is 11.4. The van der Waals surface area contributed by atoms with Crippen LogP contribution in [0.15, 0.2) is 59.4 Å². The van der Waals surface area contributed by atoms with Crippen LogP contribution >= 0.6 is 0 Å². The van der Waals surface area contributed by atoms with E-state index in [-0.39, 0.29) is 11.7 Å². The molecule has 3 aromatic rings. The standard InChI is InChI=1S/C18H15NO3/c20-16-9-7-13-6-8-14(15-11-21-15)18(17(13)19-16)22-10-12-4-2-1-3-5-12/h1-9,15H,10-11H2,(H,19,20)/t15-/m0/s1. The van der Waals surface area contributed by atoms with Crippen LogP contribution in [0.2, 0.25) is 0 Å². The lowest BCUT2D eigenvalue weighted by Crippen LogP contribution is -2.06. The predicted molar refractivity (Wildman–Crippen MR) is 84.0 cm³/mol. The Morgan fingerprint density at radius 2 is 1.86 bits per heavy atom. The van der Waals surface area contributed by atoms with Crippen molar-refractivity contribution in [3.05, 3.63) is 76.1 Å². The average molecular weight is 293 g/mol. The van der Waals surface area contributed by atoms with E-state index in [0.717, 1.165) is 22.0 Å². The second-order valence-corrected chi connectivity index (χ2v) is 5.37. The number of hydrogen-bond acceptors (Lipinski definition) is 3. The van der Waals surface area contributed by atoms with Crippen LogP contribution in [-0.2, 0) is 11.3 Å². The summed E-state index contributed by atoms with van der Waals surface area (Å²) in [6.07, 6.45) is 0.0684. The zero-order chi connectivity index (χ0) is 14.9. The van der Waals surface area contributed by atoms with Crippen molar-refractivity contribution >= 4 is 10.9 Å². The van der Waals surface area contributed by atoms with Gasteiger partial charge in [0.1, 0.15) is 18.5 Å². The fourth-order valence-electron chi connectivity index (χ4n) is 2.58. The number of rotatable bonds is 4. The van der Waals surface area contributed by atoms with Gasteiger partial charge in [0.25, 0.3) is 0 Å². The number of ether oxygens (including phenoxy) is 2. The zero-order valence-electron chi connectivity index (χ0n) is 11.9. The Balaban J connectivity index is 1.77. The Hall–Kier alpha value is -2.59. The molecule has 0 bridgehead atoms. The highest BCUT2D eigenvalue weighted by molar-refractivity contribution is 5.86. The lowest BCUT2D eigenvalue weighted by molar-refractivity contribution is 0.301. The van der Waals surface area contributed by atoms with Crippen molar-refractivity contribution in [3.63, 3.8) is 0 Å². The number of epoxide rings is 1. The Kier molecular flexibility index (Phi) is 3.16. The number of hydrogen-bond donors (Lipinski definition) is 1. The van der Waals surface area contributed by atoms with Crippen molar-refractivity contribution in [2.45, 2.75) is 12.7 Å². The summed E-state index contributed by atoms with van der Waals surface area (Å²) in [4.78, 5) is 14.5. The molecule has 110 valence electrons. The highest BCUT2D eigenvalue weighted by Crippen LogP contribution is 2.39. The molecule has 0 aliphatic carbocycles. The van der Waals surface area contributed by atoms with Crippen molar-refractivity contribution in [2.24, 2.45) is 0 Å². The second-order valence-electron chi connectivity index (χ2n) is 5.37. The molecule has 1 aliphatic heterocycles. The molecule has 1 saturated heterocycles. The van der Waals surface area contributed by atoms with Gasteiger partial charge in [-0.15, -0.1) is 0 Å². The van der Waals surface area contributed by atoms with Crippen molar-refractivity contribution < 1.29 is 9.47 Å². The smallest absolute Gasteiger partial charge is 0.248 e. The molecule has 1 N–H and O–H groups in total. The Labute approximate surface area is 127 Å². The van der Waals surface area contributed by atoms with E-state index in [2.05, 4.69) is 4.98 Å². The number of pyridine rings is 1. The molecule has 0 amide bonds. The van der Waals surface area contributed by atoms with Gasteiger partial charge in [-0.3, -0.25) is 4.79 Å². The molecule has 0 radical (unpaired) electrons. The molecule has 1 aromatic heterocycles. The van der Waals surface area contributed by atoms with E-state index < -0.39 is 0 Å². The fourth-order valence-corrected chi connectivity index (χ4v) is 2.58. The first kappa shape index (κ1) is 13.1. The molecule has 0 saturated carbocycles. The lowest BCUT2D eigenvalue weighted by atomic mass is 10.1. The van der Waals surface area contributed by atoms with Gasteiger partial charge in [0.05, 0.1) is 12.1 Å². The minimum absolute atomic E-state index is 0.0684. The number of aromatic nitrogens is 1. The molecule has 0 unspecified atom stereocenters. The zero-order valence-corrected chi connectivity index (χ0v) is 11.9. The highest BCUT2D eigenvalue weighted by atomic mass is 16.6. The normalized spacial score (nSPS) is 16.6. The summed E-state index contributed by atoms with van der Waals surface area (Å²) in [5.41, 5.74) is 2.67. The third-order valence-corrected chi connectivity index (χ3v) is 3.79. The lowest BCUT2D eigenvalue weighted by Gasteiger charge is -2.13. The van der Waals surface area contributed by atoms with Crippen LogP contribution in [0, 0.1) is 0 Å². The minimum atomic E-state index is -0.133. The fraction of sp³-hybridized carbons (Fsp3) is 0.167. The van der Waals surface area contributed by atoms with Gasteiger partial charge in [-0.1, -0.05) is 42.5 Å². The molecule has 2 aromatic carbocycles. The van der Waals surface area contributed by atoms with Gasteiger partial charge >= 0.3 is 0 Å². The maximum absolute atomic E-state index is 11.7. The number of benzene rings is 2. The maximum Gasteiger partial charge on any atom is 0.248 e. The first-order valence-electron chi connectivity index (χ1n) is 7.25. The summed E-state index contributed by atoms with van der Waals surface area (Å²) >= 11 is 0. The monoisotopic (exact) mass is 293 g/mol. The van der Waals surface area contributed by atoms with E-state index in [4.69, 9.17) is 9.47 Å². The quantitative estimate of drug-likeness (QED) is 0.752. The van der Waals surface area contributed by atoms with Gasteiger partial charge in [-0.25, -0.2) is 0 Å². The highest BCUT2D eigenvalue weighted by Gasteiger charge is 2.29. The maximum atomic E-state index is 11.7. The van der Waals surface area contributed by atoms with Crippen molar-refractivity contribution in [1.82, 2.24) is 4.98 Å². The molecule has 4 rings (SSSR count). The van der Waals surface area contributed by atoms with Crippen molar-refractivity contribution in [3.8, 4) is 5.75 Å². The van der Waals surface area contributed by atoms with Crippen molar-refractivity contribution in [1.29, 1.82) is 0 Å². The van der Waals surface area contributed by atoms with Crippen LogP contribution in [-0.4, -0.2) is 11.6 Å². The van der Waals surface area contributed by atoms with Gasteiger partial charge in [0, 0.05) is 17.0 Å². The first-order valence-corrected chi connectivity index (χ1v) is 7.25. The Bertz CT molecular complexity index is 866. The molecule has 0 spiro atoms. The number of nitrogens with one attached hydrogen (secondary N) is 1. The number of aromatic amines is 1. The number of H-pyrrole nitrogens is 1. The van der Waals surface area contributed by atoms with Crippen molar-refractivity contribution in [2.75, 3.05) is 6.61 Å². The molecule has 1 fully saturated rings. The second kappa shape index (κ2) is 5.31. The Morgan fingerprint density at radius 3 is 2.64 bits per heavy atom. The van der Waals surface area contributed by atoms with Gasteiger partial charge < -0.3 is 14.5 Å². The third-order valence-electron chi connectivity index (χ3n) is 3.79. The third kappa shape index (κ3) is 2.49. The topological polar surface area (TPSA) is 54.6 Å². The van der Waals surface area contributed by atoms with Crippen LogP contribution in [0.3, 0.4) is 0 Å². The summed E-state index contributed by atoms with van der Waals surface area (Å²) in [6, 6.07) is 17.3. The summed E-state index contributed by atoms with van der Waals surface area (Å²) in [6.45, 7) is 1.15. The largest absolute Gasteiger partial charge is 0.486 e. The molecule has 1 aliphatic rings. The summed E-state index contributed by atoms with van der Waals surface area (Å²) in [5, 5.41) is 0.951. The van der Waals surface area contributed by atoms with Crippen LogP contribution in [0.5, 0.6) is 5.75 Å². The molecular formula is C18H15NO3. The van der Waals surface area contributed by atoms with Gasteiger partial charge in [-0.2, -0.15) is 0 Å². The van der Waals surface area contributed by atoms with E-state index in [9.17, 15) is 4.79 Å². The summed E-state index contributed by atoms with van der Waals surface area (Å²) in [7, 11) is 0. The molecular weight excluding hydrogens is 278 g/mol. The van der Waals surface area contributed by atoms with E-state index in [1.54, 1.807) is 6.07 Å². The van der Waals surface area contributed by atoms with Crippen LogP contribution in [0.25, 0.3) is 10.9 Å². The summed E-state index contributed by atoms with van der Waals surface area (Å²) in [5.74, 6) is 0.710. The first-order chi connectivity index (χ1) is 10.8. The van der Waals surface area contributed by atoms with E-state index in [0.29, 0.717) is 19.0 Å².